The Morgan fingerprint density at radius 3 is 3.07 bits per heavy atom. The predicted octanol–water partition coefficient (Wildman–Crippen LogP) is 2.41. The van der Waals surface area contributed by atoms with Crippen LogP contribution in [0.2, 0.25) is 0 Å². The van der Waals surface area contributed by atoms with Crippen molar-refractivity contribution in [1.29, 1.82) is 0 Å². The number of rotatable bonds is 3. The molecule has 2 fully saturated rings. The first-order chi connectivity index (χ1) is 12.8. The van der Waals surface area contributed by atoms with Crippen molar-refractivity contribution in [2.45, 2.75) is 24.9 Å². The van der Waals surface area contributed by atoms with E-state index in [1.807, 2.05) is 0 Å². The smallest absolute Gasteiger partial charge is 0.249 e. The standard InChI is InChI=1S/C17H21N7OS.ClH/c1-23-7-5-18-9-13(23)14-21-16(25-22-14)12-3-2-6-24(12)15-11-4-8-26-17(11)20-10-19-15;/h4,8,10,12-13,18H,2-3,5-7,9H2,1H3;1H. The molecule has 27 heavy (non-hydrogen) atoms. The number of aromatic nitrogens is 4. The van der Waals surface area contributed by atoms with E-state index in [0.29, 0.717) is 5.89 Å². The Bertz CT molecular complexity index is 915. The van der Waals surface area contributed by atoms with Crippen LogP contribution in [-0.2, 0) is 0 Å². The minimum Gasteiger partial charge on any atom is -0.344 e. The molecule has 0 amide bonds. The second-order valence-corrected chi connectivity index (χ2v) is 7.77. The van der Waals surface area contributed by atoms with E-state index < -0.39 is 0 Å². The van der Waals surface area contributed by atoms with Crippen LogP contribution in [0.5, 0.6) is 0 Å². The molecule has 1 N–H and O–H groups in total. The number of anilines is 1. The highest BCUT2D eigenvalue weighted by Crippen LogP contribution is 2.38. The van der Waals surface area contributed by atoms with Crippen molar-refractivity contribution in [1.82, 2.24) is 30.3 Å². The van der Waals surface area contributed by atoms with Gasteiger partial charge in [0.25, 0.3) is 0 Å². The minimum absolute atomic E-state index is 0. The number of hydrogen-bond acceptors (Lipinski definition) is 9. The summed E-state index contributed by atoms with van der Waals surface area (Å²) in [6, 6.07) is 2.34. The Balaban J connectivity index is 0.00000180. The fraction of sp³-hybridized carbons (Fsp3) is 0.529. The van der Waals surface area contributed by atoms with Crippen molar-refractivity contribution in [3.05, 3.63) is 29.5 Å². The monoisotopic (exact) mass is 407 g/mol. The number of piperazine rings is 1. The summed E-state index contributed by atoms with van der Waals surface area (Å²) in [7, 11) is 2.11. The highest BCUT2D eigenvalue weighted by Gasteiger charge is 2.34. The van der Waals surface area contributed by atoms with E-state index in [9.17, 15) is 0 Å². The summed E-state index contributed by atoms with van der Waals surface area (Å²) >= 11 is 1.64. The molecule has 8 nitrogen and oxygen atoms in total. The van der Waals surface area contributed by atoms with Crippen molar-refractivity contribution >= 4 is 39.8 Å². The molecule has 2 aliphatic heterocycles. The molecule has 2 atom stereocenters. The third-order valence-corrected chi connectivity index (χ3v) is 6.14. The summed E-state index contributed by atoms with van der Waals surface area (Å²) in [5.74, 6) is 2.43. The van der Waals surface area contributed by atoms with Crippen LogP contribution in [0.1, 0.15) is 36.6 Å². The van der Waals surface area contributed by atoms with Gasteiger partial charge >= 0.3 is 0 Å². The van der Waals surface area contributed by atoms with Crippen LogP contribution < -0.4 is 10.2 Å². The number of nitrogens with zero attached hydrogens (tertiary/aromatic N) is 6. The van der Waals surface area contributed by atoms with Gasteiger partial charge in [-0.05, 0) is 31.3 Å². The largest absolute Gasteiger partial charge is 0.344 e. The Kier molecular flexibility index (Phi) is 5.27. The van der Waals surface area contributed by atoms with E-state index in [1.54, 1.807) is 17.7 Å². The maximum Gasteiger partial charge on any atom is 0.249 e. The summed E-state index contributed by atoms with van der Waals surface area (Å²) in [4.78, 5) is 19.3. The molecule has 0 radical (unpaired) electrons. The first-order valence-corrected chi connectivity index (χ1v) is 9.88. The van der Waals surface area contributed by atoms with Crippen molar-refractivity contribution in [2.24, 2.45) is 0 Å². The normalized spacial score (nSPS) is 23.7. The zero-order chi connectivity index (χ0) is 17.5. The lowest BCUT2D eigenvalue weighted by molar-refractivity contribution is 0.190. The van der Waals surface area contributed by atoms with Crippen LogP contribution in [0.15, 0.2) is 22.3 Å². The predicted molar refractivity (Wildman–Crippen MR) is 107 cm³/mol. The molecular weight excluding hydrogens is 386 g/mol. The van der Waals surface area contributed by atoms with Crippen LogP contribution in [0.3, 0.4) is 0 Å². The molecule has 3 aromatic heterocycles. The molecule has 2 aliphatic rings. The van der Waals surface area contributed by atoms with E-state index in [2.05, 4.69) is 48.7 Å². The number of hydrogen-bond donors (Lipinski definition) is 1. The Morgan fingerprint density at radius 1 is 1.26 bits per heavy atom. The van der Waals surface area contributed by atoms with Crippen LogP contribution >= 0.6 is 23.7 Å². The second-order valence-electron chi connectivity index (χ2n) is 6.88. The van der Waals surface area contributed by atoms with Gasteiger partial charge in [0.2, 0.25) is 5.89 Å². The molecule has 0 aliphatic carbocycles. The lowest BCUT2D eigenvalue weighted by Gasteiger charge is -2.30. The van der Waals surface area contributed by atoms with Gasteiger partial charge < -0.3 is 14.7 Å². The van der Waals surface area contributed by atoms with Gasteiger partial charge in [0.1, 0.15) is 23.0 Å². The molecule has 5 heterocycles. The molecular formula is C17H22ClN7OS. The van der Waals surface area contributed by atoms with Gasteiger partial charge in [0.15, 0.2) is 5.82 Å². The number of halogens is 1. The van der Waals surface area contributed by atoms with Crippen molar-refractivity contribution < 1.29 is 4.52 Å². The molecule has 0 saturated carbocycles. The minimum atomic E-state index is 0. The van der Waals surface area contributed by atoms with Crippen LogP contribution in [0.4, 0.5) is 5.82 Å². The zero-order valence-corrected chi connectivity index (χ0v) is 16.7. The Hall–Kier alpha value is -1.81. The molecule has 2 saturated heterocycles. The van der Waals surface area contributed by atoms with E-state index in [0.717, 1.165) is 60.9 Å². The summed E-state index contributed by atoms with van der Waals surface area (Å²) in [5, 5.41) is 10.9. The lowest BCUT2D eigenvalue weighted by Crippen LogP contribution is -2.44. The van der Waals surface area contributed by atoms with Gasteiger partial charge in [0.05, 0.1) is 11.4 Å². The first kappa shape index (κ1) is 18.5. The fourth-order valence-corrected chi connectivity index (χ4v) is 4.62. The van der Waals surface area contributed by atoms with Crippen LogP contribution in [0.25, 0.3) is 10.2 Å². The van der Waals surface area contributed by atoms with Gasteiger partial charge in [-0.25, -0.2) is 9.97 Å². The van der Waals surface area contributed by atoms with E-state index in [4.69, 9.17) is 9.51 Å². The average molecular weight is 408 g/mol. The quantitative estimate of drug-likeness (QED) is 0.708. The average Bonchev–Trinajstić information content (AvgIpc) is 3.40. The molecule has 5 rings (SSSR count). The van der Waals surface area contributed by atoms with Crippen molar-refractivity contribution in [3.8, 4) is 0 Å². The summed E-state index contributed by atoms with van der Waals surface area (Å²) < 4.78 is 5.70. The summed E-state index contributed by atoms with van der Waals surface area (Å²) in [6.45, 7) is 3.78. The molecule has 3 aromatic rings. The van der Waals surface area contributed by atoms with E-state index in [1.165, 1.54) is 0 Å². The molecule has 0 aromatic carbocycles. The molecule has 0 spiro atoms. The highest BCUT2D eigenvalue weighted by molar-refractivity contribution is 7.16. The molecule has 2 unspecified atom stereocenters. The van der Waals surface area contributed by atoms with Crippen LogP contribution in [-0.4, -0.2) is 58.2 Å². The SMILES string of the molecule is CN1CCNCC1c1noc(C2CCCN2c2ncnc3sccc23)n1.Cl. The van der Waals surface area contributed by atoms with Gasteiger partial charge in [-0.2, -0.15) is 4.98 Å². The fourth-order valence-electron chi connectivity index (χ4n) is 3.90. The topological polar surface area (TPSA) is 83.2 Å². The van der Waals surface area contributed by atoms with Gasteiger partial charge in [-0.1, -0.05) is 5.16 Å². The molecule has 10 heteroatoms. The second kappa shape index (κ2) is 7.67. The number of likely N-dealkylation sites (N-methyl/N-ethyl adjacent to an activating group) is 1. The maximum absolute atomic E-state index is 5.70. The maximum atomic E-state index is 5.70. The summed E-state index contributed by atoms with van der Waals surface area (Å²) in [6.07, 6.45) is 3.73. The van der Waals surface area contributed by atoms with E-state index in [-0.39, 0.29) is 24.5 Å². The number of thiophene rings is 1. The number of fused-ring (bicyclic) bond motifs is 1. The zero-order valence-electron chi connectivity index (χ0n) is 15.0. The number of nitrogens with one attached hydrogen (secondary N) is 1. The lowest BCUT2D eigenvalue weighted by atomic mass is 10.2. The van der Waals surface area contributed by atoms with Crippen molar-refractivity contribution in [2.75, 3.05) is 38.1 Å². The van der Waals surface area contributed by atoms with E-state index >= 15 is 0 Å². The first-order valence-electron chi connectivity index (χ1n) is 9.00. The van der Waals surface area contributed by atoms with Gasteiger partial charge in [-0.15, -0.1) is 23.7 Å². The third-order valence-electron chi connectivity index (χ3n) is 5.32. The summed E-state index contributed by atoms with van der Waals surface area (Å²) in [5.41, 5.74) is 0. The highest BCUT2D eigenvalue weighted by atomic mass is 35.5. The Morgan fingerprint density at radius 2 is 2.19 bits per heavy atom. The third kappa shape index (κ3) is 3.29. The molecule has 144 valence electrons. The van der Waals surface area contributed by atoms with Gasteiger partial charge in [0, 0.05) is 26.2 Å². The van der Waals surface area contributed by atoms with Crippen molar-refractivity contribution in [3.63, 3.8) is 0 Å². The van der Waals surface area contributed by atoms with Crippen LogP contribution in [0, 0.1) is 0 Å². The van der Waals surface area contributed by atoms with Gasteiger partial charge in [-0.3, -0.25) is 4.90 Å². The molecule has 0 bridgehead atoms. The Labute approximate surface area is 167 Å².